The number of hydrogen-bond donors (Lipinski definition) is 5. The summed E-state index contributed by atoms with van der Waals surface area (Å²) >= 11 is 0. The molecular formula is C43H48N10O2. The minimum Gasteiger partial charge on any atom is -0.396 e. The smallest absolute Gasteiger partial charge is 0.203 e. The van der Waals surface area contributed by atoms with Gasteiger partial charge < -0.3 is 27.8 Å². The average molecular weight is 737 g/mol. The molecule has 12 heteroatoms. The van der Waals surface area contributed by atoms with E-state index in [1.54, 1.807) is 0 Å². The van der Waals surface area contributed by atoms with Crippen LogP contribution in [-0.2, 0) is 17.7 Å². The molecule has 0 amide bonds. The first kappa shape index (κ1) is 39.4. The van der Waals surface area contributed by atoms with Crippen LogP contribution in [0.1, 0.15) is 65.5 Å². The quantitative estimate of drug-likeness (QED) is 0.0460. The van der Waals surface area contributed by atoms with Crippen LogP contribution in [0.5, 0.6) is 0 Å². The maximum absolute atomic E-state index is 9.31. The summed E-state index contributed by atoms with van der Waals surface area (Å²) in [7, 11) is 0. The zero-order chi connectivity index (χ0) is 39.0. The first-order valence-electron chi connectivity index (χ1n) is 18.1. The van der Waals surface area contributed by atoms with E-state index in [2.05, 4.69) is 122 Å². The number of rotatable bonds is 12. The van der Waals surface area contributed by atoms with Gasteiger partial charge in [0.1, 0.15) is 29.6 Å². The number of nitrogens with two attached hydrogens (primary N) is 4. The normalized spacial score (nSPS) is 11.8. The van der Waals surface area contributed by atoms with E-state index in [-0.39, 0.29) is 17.7 Å². The number of nitrogen functional groups attached to an aromatic ring is 4. The predicted octanol–water partition coefficient (Wildman–Crippen LogP) is 8.24. The highest BCUT2D eigenvalue weighted by Gasteiger charge is 2.22. The molecule has 4 aromatic carbocycles. The number of anilines is 4. The lowest BCUT2D eigenvalue weighted by molar-refractivity contribution is 0.128. The van der Waals surface area contributed by atoms with Crippen molar-refractivity contribution in [2.75, 3.05) is 29.5 Å². The summed E-state index contributed by atoms with van der Waals surface area (Å²) in [5.74, 6) is 1.92. The van der Waals surface area contributed by atoms with Crippen molar-refractivity contribution in [2.24, 2.45) is 11.3 Å². The van der Waals surface area contributed by atoms with Crippen molar-refractivity contribution >= 4 is 34.3 Å². The maximum Gasteiger partial charge on any atom is 0.203 e. The van der Waals surface area contributed by atoms with Crippen molar-refractivity contribution in [1.29, 1.82) is 0 Å². The SMILES string of the molecule is CC(C)CCON=O.Nc1cc(C(Cc2ccccc2)c2ccccc2)c(N)c(N)n1.Nc1cc(C(Cc2ccccc2)c2ccccc2)c2n[nH]nc2n1. The average Bonchev–Trinajstić information content (AvgIpc) is 3.68. The molecule has 0 aliphatic heterocycles. The molecule has 12 nitrogen and oxygen atoms in total. The summed E-state index contributed by atoms with van der Waals surface area (Å²) in [5.41, 5.74) is 32.7. The Morgan fingerprint density at radius 1 is 0.636 bits per heavy atom. The van der Waals surface area contributed by atoms with Crippen LogP contribution in [0.25, 0.3) is 11.2 Å². The Bertz CT molecular complexity index is 2200. The molecule has 0 bridgehead atoms. The van der Waals surface area contributed by atoms with Gasteiger partial charge in [-0.3, -0.25) is 0 Å². The molecule has 0 spiro atoms. The van der Waals surface area contributed by atoms with Crippen LogP contribution < -0.4 is 22.9 Å². The van der Waals surface area contributed by atoms with E-state index in [0.717, 1.165) is 35.9 Å². The fourth-order valence-electron chi connectivity index (χ4n) is 6.26. The second-order valence-electron chi connectivity index (χ2n) is 13.5. The Kier molecular flexibility index (Phi) is 14.2. The molecule has 9 N–H and O–H groups in total. The van der Waals surface area contributed by atoms with Gasteiger partial charge in [-0.1, -0.05) is 135 Å². The van der Waals surface area contributed by atoms with Gasteiger partial charge in [0.15, 0.2) is 5.34 Å². The van der Waals surface area contributed by atoms with Gasteiger partial charge in [0, 0.05) is 11.8 Å². The summed E-state index contributed by atoms with van der Waals surface area (Å²) in [5, 5.41) is 13.3. The summed E-state index contributed by atoms with van der Waals surface area (Å²) < 4.78 is 0. The van der Waals surface area contributed by atoms with Crippen LogP contribution in [0, 0.1) is 10.8 Å². The van der Waals surface area contributed by atoms with Gasteiger partial charge in [-0.2, -0.15) is 10.3 Å². The molecule has 0 saturated carbocycles. The lowest BCUT2D eigenvalue weighted by atomic mass is 9.85. The molecule has 0 fully saturated rings. The van der Waals surface area contributed by atoms with E-state index >= 15 is 0 Å². The lowest BCUT2D eigenvalue weighted by Crippen LogP contribution is -2.12. The van der Waals surface area contributed by atoms with E-state index in [0.29, 0.717) is 35.5 Å². The number of aromatic amines is 1. The number of benzene rings is 4. The van der Waals surface area contributed by atoms with Gasteiger partial charge in [0.05, 0.1) is 5.69 Å². The van der Waals surface area contributed by atoms with Gasteiger partial charge in [0.25, 0.3) is 0 Å². The monoisotopic (exact) mass is 736 g/mol. The lowest BCUT2D eigenvalue weighted by Gasteiger charge is -2.21. The number of H-pyrrole nitrogens is 1. The Balaban J connectivity index is 0.000000177. The molecular weight excluding hydrogens is 689 g/mol. The Morgan fingerprint density at radius 2 is 1.11 bits per heavy atom. The molecule has 3 heterocycles. The second kappa shape index (κ2) is 19.9. The van der Waals surface area contributed by atoms with Gasteiger partial charge >= 0.3 is 0 Å². The van der Waals surface area contributed by atoms with Gasteiger partial charge in [0.2, 0.25) is 5.65 Å². The molecule has 2 unspecified atom stereocenters. The topological polar surface area (TPSA) is 210 Å². The number of hydrogen-bond acceptors (Lipinski definition) is 11. The third-order valence-electron chi connectivity index (χ3n) is 9.04. The first-order valence-corrected chi connectivity index (χ1v) is 18.1. The van der Waals surface area contributed by atoms with Gasteiger partial charge in [-0.05, 0) is 70.7 Å². The summed E-state index contributed by atoms with van der Waals surface area (Å²) in [6, 6.07) is 45.1. The highest BCUT2D eigenvalue weighted by molar-refractivity contribution is 5.77. The van der Waals surface area contributed by atoms with Crippen molar-refractivity contribution in [1.82, 2.24) is 25.4 Å². The van der Waals surface area contributed by atoms with Crippen molar-refractivity contribution in [3.05, 3.63) is 172 Å². The van der Waals surface area contributed by atoms with Crippen molar-refractivity contribution in [3.63, 3.8) is 0 Å². The second-order valence-corrected chi connectivity index (χ2v) is 13.5. The molecule has 0 radical (unpaired) electrons. The fraction of sp³-hybridized carbons (Fsp3) is 0.209. The summed E-state index contributed by atoms with van der Waals surface area (Å²) in [4.78, 5) is 21.8. The number of fused-ring (bicyclic) bond motifs is 1. The van der Waals surface area contributed by atoms with Crippen LogP contribution in [0.2, 0.25) is 0 Å². The minimum absolute atomic E-state index is 0.0752. The van der Waals surface area contributed by atoms with Crippen LogP contribution in [-0.4, -0.2) is 32.0 Å². The van der Waals surface area contributed by atoms with Crippen LogP contribution in [0.3, 0.4) is 0 Å². The van der Waals surface area contributed by atoms with Crippen LogP contribution in [0.4, 0.5) is 23.1 Å². The van der Waals surface area contributed by atoms with E-state index in [9.17, 15) is 4.91 Å². The highest BCUT2D eigenvalue weighted by Crippen LogP contribution is 2.35. The standard InChI is InChI=1S/C19H17N5.C19H20N4.C5H11NO2/c20-17-12-16(18-19(21-17)23-24-22-18)15(14-9-5-2-6-10-14)11-13-7-3-1-4-8-13;20-17-12-16(18(21)19(22)23-17)15(14-9-5-2-6-10-14)11-13-7-3-1-4-8-13;1-5(2)3-4-8-6-7/h1-10,12,15H,11H2,(H3,20,21,22,23,24);1-10,12,15H,11,21H2,(H4,20,22,23);5H,3-4H2,1-2H3. The van der Waals surface area contributed by atoms with Gasteiger partial charge in [-0.25, -0.2) is 9.97 Å². The largest absolute Gasteiger partial charge is 0.396 e. The molecule has 3 aromatic heterocycles. The zero-order valence-electron chi connectivity index (χ0n) is 31.1. The number of aromatic nitrogens is 5. The molecule has 7 aromatic rings. The van der Waals surface area contributed by atoms with Gasteiger partial charge in [-0.15, -0.1) is 10.0 Å². The predicted molar refractivity (Wildman–Crippen MR) is 222 cm³/mol. The van der Waals surface area contributed by atoms with E-state index in [1.165, 1.54) is 22.3 Å². The number of pyridine rings is 2. The van der Waals surface area contributed by atoms with E-state index in [1.807, 2.05) is 60.7 Å². The Hall–Kier alpha value is -6.82. The van der Waals surface area contributed by atoms with Crippen molar-refractivity contribution in [3.8, 4) is 0 Å². The summed E-state index contributed by atoms with van der Waals surface area (Å²) in [6.07, 6.45) is 2.57. The number of nitrogens with zero attached hydrogens (tertiary/aromatic N) is 5. The third-order valence-corrected chi connectivity index (χ3v) is 9.04. The fourth-order valence-corrected chi connectivity index (χ4v) is 6.26. The minimum atomic E-state index is 0.0752. The molecule has 7 rings (SSSR count). The Labute approximate surface area is 321 Å². The Morgan fingerprint density at radius 3 is 1.62 bits per heavy atom. The molecule has 2 atom stereocenters. The van der Waals surface area contributed by atoms with Crippen molar-refractivity contribution in [2.45, 2.75) is 44.9 Å². The molecule has 0 aliphatic rings. The third kappa shape index (κ3) is 11.3. The molecule has 0 saturated heterocycles. The number of nitrogens with one attached hydrogen (secondary N) is 1. The molecule has 282 valence electrons. The summed E-state index contributed by atoms with van der Waals surface area (Å²) in [6.45, 7) is 4.57. The zero-order valence-corrected chi connectivity index (χ0v) is 31.1. The maximum atomic E-state index is 9.31. The van der Waals surface area contributed by atoms with E-state index in [4.69, 9.17) is 22.9 Å². The van der Waals surface area contributed by atoms with Crippen LogP contribution in [0.15, 0.2) is 139 Å². The molecule has 55 heavy (non-hydrogen) atoms. The highest BCUT2D eigenvalue weighted by atomic mass is 16.7. The molecule has 0 aliphatic carbocycles. The first-order chi connectivity index (χ1) is 26.7. The van der Waals surface area contributed by atoms with Crippen molar-refractivity contribution < 1.29 is 4.84 Å². The van der Waals surface area contributed by atoms with Crippen LogP contribution >= 0.6 is 0 Å². The van der Waals surface area contributed by atoms with E-state index < -0.39 is 0 Å².